The summed E-state index contributed by atoms with van der Waals surface area (Å²) in [7, 11) is 1.88. The highest BCUT2D eigenvalue weighted by Crippen LogP contribution is 2.49. The zero-order valence-electron chi connectivity index (χ0n) is 28.0. The Labute approximate surface area is 283 Å². The average molecular weight is 675 g/mol. The molecular weight excluding hydrogens is 636 g/mol. The number of carbonyl (C=O) groups excluding carboxylic acids is 2. The molecule has 0 aliphatic heterocycles. The molecule has 12 heteroatoms. The van der Waals surface area contributed by atoms with Crippen LogP contribution >= 0.6 is 0 Å². The zero-order chi connectivity index (χ0) is 36.8. The first kappa shape index (κ1) is 39.6. The van der Waals surface area contributed by atoms with Crippen molar-refractivity contribution in [2.24, 2.45) is 5.92 Å². The molecule has 1 amide bonds. The summed E-state index contributed by atoms with van der Waals surface area (Å²) < 4.78 is 48.1. The SMILES string of the molecule is C=O.CC.CNc1ccc(C)c(-c2cccc(C#N)n2)c1.Cc1ccc(NC(=O)[C@@H]2CC2(F)F)cc1-c1ccc(C#N)cn1.FC1(F)CC1. The fourth-order valence-corrected chi connectivity index (χ4v) is 4.12. The molecule has 4 aromatic rings. The molecule has 49 heavy (non-hydrogen) atoms. The van der Waals surface area contributed by atoms with E-state index in [1.165, 1.54) is 6.20 Å². The number of amides is 1. The van der Waals surface area contributed by atoms with E-state index >= 15 is 0 Å². The number of aryl methyl sites for hydroxylation is 2. The van der Waals surface area contributed by atoms with Crippen molar-refractivity contribution in [3.05, 3.63) is 95.3 Å². The predicted molar refractivity (Wildman–Crippen MR) is 182 cm³/mol. The topological polar surface area (TPSA) is 132 Å². The summed E-state index contributed by atoms with van der Waals surface area (Å²) in [6.07, 6.45) is 1.31. The molecule has 2 aromatic heterocycles. The van der Waals surface area contributed by atoms with Crippen LogP contribution in [0.3, 0.4) is 0 Å². The highest BCUT2D eigenvalue weighted by molar-refractivity contribution is 5.96. The largest absolute Gasteiger partial charge is 0.388 e. The lowest BCUT2D eigenvalue weighted by Crippen LogP contribution is -2.17. The van der Waals surface area contributed by atoms with Gasteiger partial charge in [-0.1, -0.05) is 32.0 Å². The Hall–Kier alpha value is -5.62. The van der Waals surface area contributed by atoms with E-state index in [0.29, 0.717) is 22.6 Å². The number of benzene rings is 2. The van der Waals surface area contributed by atoms with E-state index in [0.717, 1.165) is 33.6 Å². The summed E-state index contributed by atoms with van der Waals surface area (Å²) in [6.45, 7) is 9.92. The number of nitrogens with zero attached hydrogens (tertiary/aromatic N) is 4. The van der Waals surface area contributed by atoms with Crippen LogP contribution in [0.1, 0.15) is 55.5 Å². The quantitative estimate of drug-likeness (QED) is 0.202. The lowest BCUT2D eigenvalue weighted by Gasteiger charge is -2.10. The standard InChI is InChI=1S/C17H13F2N3O.C14H13N3.C3H4F2.C2H6.CH2O/c1-10-2-4-12(22-16(23)14-7-17(14,18)19)6-13(10)15-5-3-11(8-20)9-21-15;1-10-6-7-11(16-2)8-13(10)14-5-3-4-12(9-15)17-14;4-3(5)1-2-3;2*1-2/h2-6,9,14H,7H2,1H3,(H,22,23);3-8,16H,1-2H3;1-2H2;1-2H3;1H2/t14-;;;;/m0..../s1. The highest BCUT2D eigenvalue weighted by Gasteiger charge is 2.61. The summed E-state index contributed by atoms with van der Waals surface area (Å²) in [4.78, 5) is 28.3. The normalized spacial score (nSPS) is 15.1. The molecule has 2 fully saturated rings. The number of anilines is 2. The van der Waals surface area contributed by atoms with Gasteiger partial charge in [-0.15, -0.1) is 0 Å². The Bertz CT molecular complexity index is 1790. The van der Waals surface area contributed by atoms with Gasteiger partial charge in [-0.3, -0.25) is 9.78 Å². The second-order valence-corrected chi connectivity index (χ2v) is 10.7. The number of carbonyl (C=O) groups is 2. The van der Waals surface area contributed by atoms with Crippen molar-refractivity contribution in [1.82, 2.24) is 9.97 Å². The number of halogens is 4. The number of aromatic nitrogens is 2. The fraction of sp³-hybridized carbons (Fsp3) is 0.297. The number of pyridine rings is 2. The van der Waals surface area contributed by atoms with E-state index < -0.39 is 30.1 Å². The molecule has 256 valence electrons. The Morgan fingerprint density at radius 3 is 1.88 bits per heavy atom. The van der Waals surface area contributed by atoms with Crippen LogP contribution in [0.15, 0.2) is 72.9 Å². The lowest BCUT2D eigenvalue weighted by atomic mass is 10.0. The second kappa shape index (κ2) is 18.1. The molecule has 0 bridgehead atoms. The van der Waals surface area contributed by atoms with Gasteiger partial charge in [-0.25, -0.2) is 22.5 Å². The molecule has 6 rings (SSSR count). The van der Waals surface area contributed by atoms with Crippen LogP contribution in [0.5, 0.6) is 0 Å². The number of rotatable bonds is 5. The van der Waals surface area contributed by atoms with Crippen molar-refractivity contribution in [2.45, 2.75) is 58.8 Å². The van der Waals surface area contributed by atoms with Gasteiger partial charge in [0.15, 0.2) is 0 Å². The third-order valence-electron chi connectivity index (χ3n) is 7.11. The summed E-state index contributed by atoms with van der Waals surface area (Å²) in [5.41, 5.74) is 7.75. The molecule has 2 N–H and O–H groups in total. The van der Waals surface area contributed by atoms with Gasteiger partial charge >= 0.3 is 0 Å². The number of nitrogens with one attached hydrogen (secondary N) is 2. The smallest absolute Gasteiger partial charge is 0.260 e. The van der Waals surface area contributed by atoms with Crippen LogP contribution in [0.25, 0.3) is 22.5 Å². The van der Waals surface area contributed by atoms with Gasteiger partial charge in [0.05, 0.1) is 17.0 Å². The first-order chi connectivity index (χ1) is 23.4. The molecule has 2 aliphatic rings. The third-order valence-corrected chi connectivity index (χ3v) is 7.11. The Balaban J connectivity index is 0.000000280. The van der Waals surface area contributed by atoms with Gasteiger partial charge in [0.2, 0.25) is 11.8 Å². The number of alkyl halides is 4. The van der Waals surface area contributed by atoms with Crippen LogP contribution in [0, 0.1) is 42.4 Å². The summed E-state index contributed by atoms with van der Waals surface area (Å²) in [6, 6.07) is 24.2. The summed E-state index contributed by atoms with van der Waals surface area (Å²) >= 11 is 0. The van der Waals surface area contributed by atoms with Crippen LogP contribution in [0.4, 0.5) is 28.9 Å². The molecule has 8 nitrogen and oxygen atoms in total. The maximum absolute atomic E-state index is 12.9. The molecular formula is C37H38F4N6O2. The number of nitriles is 2. The van der Waals surface area contributed by atoms with Gasteiger partial charge in [-0.2, -0.15) is 10.5 Å². The van der Waals surface area contributed by atoms with Gasteiger partial charge < -0.3 is 15.4 Å². The maximum Gasteiger partial charge on any atom is 0.260 e. The average Bonchev–Trinajstić information content (AvgIpc) is 4.02. The minimum atomic E-state index is -2.88. The van der Waals surface area contributed by atoms with Gasteiger partial charge in [0, 0.05) is 55.0 Å². The zero-order valence-corrected chi connectivity index (χ0v) is 28.0. The van der Waals surface area contributed by atoms with E-state index in [1.807, 2.05) is 77.9 Å². The molecule has 0 unspecified atom stereocenters. The molecule has 0 spiro atoms. The molecule has 0 radical (unpaired) electrons. The highest BCUT2D eigenvalue weighted by atomic mass is 19.3. The van der Waals surface area contributed by atoms with Crippen LogP contribution < -0.4 is 10.6 Å². The Morgan fingerprint density at radius 1 is 0.857 bits per heavy atom. The second-order valence-electron chi connectivity index (χ2n) is 10.7. The lowest BCUT2D eigenvalue weighted by molar-refractivity contribution is -0.119. The molecule has 2 heterocycles. The van der Waals surface area contributed by atoms with Crippen LogP contribution in [0.2, 0.25) is 0 Å². The summed E-state index contributed by atoms with van der Waals surface area (Å²) in [5, 5.41) is 23.3. The third kappa shape index (κ3) is 11.8. The van der Waals surface area contributed by atoms with Crippen molar-refractivity contribution in [3.8, 4) is 34.7 Å². The monoisotopic (exact) mass is 674 g/mol. The Morgan fingerprint density at radius 2 is 1.41 bits per heavy atom. The minimum absolute atomic E-state index is 0.118. The van der Waals surface area contributed by atoms with Gasteiger partial charge in [0.25, 0.3) is 5.92 Å². The van der Waals surface area contributed by atoms with Gasteiger partial charge in [0.1, 0.15) is 30.5 Å². The predicted octanol–water partition coefficient (Wildman–Crippen LogP) is 8.75. The van der Waals surface area contributed by atoms with E-state index in [2.05, 4.69) is 26.7 Å². The molecule has 1 atom stereocenters. The van der Waals surface area contributed by atoms with E-state index in [9.17, 15) is 22.4 Å². The van der Waals surface area contributed by atoms with E-state index in [-0.39, 0.29) is 12.8 Å². The molecule has 2 aliphatic carbocycles. The summed E-state index contributed by atoms with van der Waals surface area (Å²) in [5.74, 6) is -7.04. The van der Waals surface area contributed by atoms with Crippen molar-refractivity contribution in [3.63, 3.8) is 0 Å². The number of hydrogen-bond acceptors (Lipinski definition) is 7. The van der Waals surface area contributed by atoms with Crippen molar-refractivity contribution < 1.29 is 27.2 Å². The number of hydrogen-bond donors (Lipinski definition) is 2. The van der Waals surface area contributed by atoms with Crippen LogP contribution in [-0.4, -0.2) is 41.6 Å². The molecule has 2 aromatic carbocycles. The molecule has 2 saturated carbocycles. The van der Waals surface area contributed by atoms with Crippen LogP contribution in [-0.2, 0) is 9.59 Å². The minimum Gasteiger partial charge on any atom is -0.388 e. The maximum atomic E-state index is 12.9. The van der Waals surface area contributed by atoms with Crippen molar-refractivity contribution in [1.29, 1.82) is 10.5 Å². The van der Waals surface area contributed by atoms with E-state index in [4.69, 9.17) is 15.3 Å². The van der Waals surface area contributed by atoms with Crippen molar-refractivity contribution in [2.75, 3.05) is 17.7 Å². The first-order valence-corrected chi connectivity index (χ1v) is 15.3. The van der Waals surface area contributed by atoms with Gasteiger partial charge in [-0.05, 0) is 73.5 Å². The first-order valence-electron chi connectivity index (χ1n) is 15.3. The Kier molecular flexibility index (Phi) is 14.6. The van der Waals surface area contributed by atoms with E-state index in [1.54, 1.807) is 36.4 Å². The van der Waals surface area contributed by atoms with Crippen molar-refractivity contribution >= 4 is 24.1 Å². The fourth-order valence-electron chi connectivity index (χ4n) is 4.12. The molecule has 0 saturated heterocycles.